The summed E-state index contributed by atoms with van der Waals surface area (Å²) < 4.78 is 44.5. The second-order valence-corrected chi connectivity index (χ2v) is 4.69. The quantitative estimate of drug-likeness (QED) is 0.616. The summed E-state index contributed by atoms with van der Waals surface area (Å²) in [6.45, 7) is 0. The standard InChI is InChI=1S/C14H8BrF3O2/c15-14(12(19)8-4-2-1-3-5-8)20-13-10(17)6-9(16)7-11(13)18/h1-7,14H. The lowest BCUT2D eigenvalue weighted by molar-refractivity contribution is 0.0890. The number of hydrogen-bond acceptors (Lipinski definition) is 2. The Morgan fingerprint density at radius 1 is 1.05 bits per heavy atom. The SMILES string of the molecule is O=C(c1ccccc1)C(Br)Oc1c(F)cc(F)cc1F. The van der Waals surface area contributed by atoms with Gasteiger partial charge in [-0.25, -0.2) is 13.2 Å². The molecule has 2 nitrogen and oxygen atoms in total. The van der Waals surface area contributed by atoms with Crippen LogP contribution in [0.3, 0.4) is 0 Å². The summed E-state index contributed by atoms with van der Waals surface area (Å²) in [6.07, 6.45) is 0. The smallest absolute Gasteiger partial charge is 0.215 e. The van der Waals surface area contributed by atoms with Crippen molar-refractivity contribution < 1.29 is 22.7 Å². The normalized spacial score (nSPS) is 12.0. The number of benzene rings is 2. The number of rotatable bonds is 4. The number of Topliss-reactive ketones (excluding diaryl/α,β-unsaturated/α-hetero) is 1. The Morgan fingerprint density at radius 3 is 2.15 bits per heavy atom. The van der Waals surface area contributed by atoms with Crippen molar-refractivity contribution in [2.45, 2.75) is 5.01 Å². The maximum atomic E-state index is 13.4. The van der Waals surface area contributed by atoms with E-state index < -0.39 is 34.0 Å². The summed E-state index contributed by atoms with van der Waals surface area (Å²) in [5.41, 5.74) is 0.317. The molecule has 0 aromatic heterocycles. The molecule has 2 rings (SSSR count). The monoisotopic (exact) mass is 344 g/mol. The predicted octanol–water partition coefficient (Wildman–Crippen LogP) is 4.09. The Hall–Kier alpha value is -1.82. The van der Waals surface area contributed by atoms with Crippen LogP contribution in [-0.2, 0) is 0 Å². The van der Waals surface area contributed by atoms with E-state index in [-0.39, 0.29) is 0 Å². The first kappa shape index (κ1) is 14.6. The van der Waals surface area contributed by atoms with Gasteiger partial charge in [0, 0.05) is 17.7 Å². The minimum Gasteiger partial charge on any atom is -0.465 e. The average Bonchev–Trinajstić information content (AvgIpc) is 2.42. The Labute approximate surface area is 121 Å². The van der Waals surface area contributed by atoms with E-state index in [0.717, 1.165) is 0 Å². The molecule has 0 aliphatic heterocycles. The van der Waals surface area contributed by atoms with E-state index in [0.29, 0.717) is 17.7 Å². The van der Waals surface area contributed by atoms with E-state index in [9.17, 15) is 18.0 Å². The van der Waals surface area contributed by atoms with Gasteiger partial charge in [0.1, 0.15) is 5.82 Å². The predicted molar refractivity (Wildman–Crippen MR) is 70.4 cm³/mol. The van der Waals surface area contributed by atoms with Crippen LogP contribution in [-0.4, -0.2) is 10.8 Å². The first-order valence-corrected chi connectivity index (χ1v) is 6.45. The molecule has 0 saturated heterocycles. The first-order chi connectivity index (χ1) is 9.49. The molecule has 2 aromatic carbocycles. The summed E-state index contributed by atoms with van der Waals surface area (Å²) in [4.78, 5) is 11.9. The second kappa shape index (κ2) is 6.09. The highest BCUT2D eigenvalue weighted by Gasteiger charge is 2.22. The fraction of sp³-hybridized carbons (Fsp3) is 0.0714. The molecule has 0 heterocycles. The topological polar surface area (TPSA) is 26.3 Å². The van der Waals surface area contributed by atoms with E-state index in [1.165, 1.54) is 12.1 Å². The van der Waals surface area contributed by atoms with Crippen molar-refractivity contribution in [2.24, 2.45) is 0 Å². The van der Waals surface area contributed by atoms with Gasteiger partial charge in [0.15, 0.2) is 17.4 Å². The highest BCUT2D eigenvalue weighted by atomic mass is 79.9. The van der Waals surface area contributed by atoms with Gasteiger partial charge in [-0.1, -0.05) is 30.3 Å². The molecule has 0 spiro atoms. The molecule has 20 heavy (non-hydrogen) atoms. The molecule has 0 radical (unpaired) electrons. The van der Waals surface area contributed by atoms with Gasteiger partial charge in [0.25, 0.3) is 0 Å². The van der Waals surface area contributed by atoms with Crippen LogP contribution in [0.2, 0.25) is 0 Å². The van der Waals surface area contributed by atoms with Crippen LogP contribution in [0, 0.1) is 17.5 Å². The zero-order valence-corrected chi connectivity index (χ0v) is 11.5. The van der Waals surface area contributed by atoms with Crippen LogP contribution < -0.4 is 4.74 Å². The van der Waals surface area contributed by atoms with Crippen LogP contribution in [0.1, 0.15) is 10.4 Å². The van der Waals surface area contributed by atoms with Crippen molar-refractivity contribution in [3.63, 3.8) is 0 Å². The number of carbonyl (C=O) groups excluding carboxylic acids is 1. The average molecular weight is 345 g/mol. The highest BCUT2D eigenvalue weighted by molar-refractivity contribution is 9.09. The number of alkyl halides is 1. The van der Waals surface area contributed by atoms with Crippen molar-refractivity contribution in [3.05, 3.63) is 65.5 Å². The molecule has 104 valence electrons. The Morgan fingerprint density at radius 2 is 1.60 bits per heavy atom. The molecule has 6 heteroatoms. The van der Waals surface area contributed by atoms with Gasteiger partial charge < -0.3 is 4.74 Å². The lowest BCUT2D eigenvalue weighted by Crippen LogP contribution is -2.21. The molecular weight excluding hydrogens is 337 g/mol. The van der Waals surface area contributed by atoms with Gasteiger partial charge in [-0.2, -0.15) is 0 Å². The number of hydrogen-bond donors (Lipinski definition) is 0. The number of halogens is 4. The number of carbonyl (C=O) groups is 1. The maximum Gasteiger partial charge on any atom is 0.215 e. The third-order valence-electron chi connectivity index (χ3n) is 2.45. The summed E-state index contributed by atoms with van der Waals surface area (Å²) >= 11 is 2.90. The van der Waals surface area contributed by atoms with Crippen LogP contribution in [0.15, 0.2) is 42.5 Å². The van der Waals surface area contributed by atoms with Gasteiger partial charge >= 0.3 is 0 Å². The molecule has 0 amide bonds. The van der Waals surface area contributed by atoms with Crippen LogP contribution in [0.4, 0.5) is 13.2 Å². The largest absolute Gasteiger partial charge is 0.465 e. The Balaban J connectivity index is 2.20. The van der Waals surface area contributed by atoms with Gasteiger partial charge in [0.05, 0.1) is 0 Å². The fourth-order valence-electron chi connectivity index (χ4n) is 1.53. The van der Waals surface area contributed by atoms with Gasteiger partial charge in [-0.3, -0.25) is 4.79 Å². The van der Waals surface area contributed by atoms with E-state index in [2.05, 4.69) is 15.9 Å². The third-order valence-corrected chi connectivity index (χ3v) is 3.05. The summed E-state index contributed by atoms with van der Waals surface area (Å²) in [5, 5.41) is -1.28. The van der Waals surface area contributed by atoms with Crippen molar-refractivity contribution in [1.82, 2.24) is 0 Å². The molecule has 0 fully saturated rings. The Kier molecular flexibility index (Phi) is 4.44. The molecule has 1 unspecified atom stereocenters. The van der Waals surface area contributed by atoms with E-state index >= 15 is 0 Å². The molecule has 1 atom stereocenters. The van der Waals surface area contributed by atoms with Crippen LogP contribution in [0.5, 0.6) is 5.75 Å². The van der Waals surface area contributed by atoms with E-state index in [1.54, 1.807) is 18.2 Å². The third kappa shape index (κ3) is 3.19. The minimum atomic E-state index is -1.28. The van der Waals surface area contributed by atoms with Crippen molar-refractivity contribution in [2.75, 3.05) is 0 Å². The lowest BCUT2D eigenvalue weighted by atomic mass is 10.1. The highest BCUT2D eigenvalue weighted by Crippen LogP contribution is 2.26. The molecule has 0 N–H and O–H groups in total. The molecule has 0 aliphatic carbocycles. The molecular formula is C14H8BrF3O2. The molecule has 0 saturated carbocycles. The number of ether oxygens (including phenoxy) is 1. The van der Waals surface area contributed by atoms with Gasteiger partial charge in [-0.05, 0) is 15.9 Å². The molecule has 2 aromatic rings. The zero-order valence-electron chi connectivity index (χ0n) is 9.95. The van der Waals surface area contributed by atoms with Crippen LogP contribution in [0.25, 0.3) is 0 Å². The molecule has 0 bridgehead atoms. The van der Waals surface area contributed by atoms with Gasteiger partial charge in [-0.15, -0.1) is 0 Å². The fourth-order valence-corrected chi connectivity index (χ4v) is 1.98. The first-order valence-electron chi connectivity index (χ1n) is 5.53. The summed E-state index contributed by atoms with van der Waals surface area (Å²) in [6, 6.07) is 9.04. The minimum absolute atomic E-state index is 0.317. The van der Waals surface area contributed by atoms with E-state index in [4.69, 9.17) is 4.74 Å². The summed E-state index contributed by atoms with van der Waals surface area (Å²) in [5.74, 6) is -4.81. The van der Waals surface area contributed by atoms with Crippen molar-refractivity contribution in [3.8, 4) is 5.75 Å². The van der Waals surface area contributed by atoms with Gasteiger partial charge in [0.2, 0.25) is 10.8 Å². The van der Waals surface area contributed by atoms with Crippen molar-refractivity contribution >= 4 is 21.7 Å². The lowest BCUT2D eigenvalue weighted by Gasteiger charge is -2.13. The number of ketones is 1. The summed E-state index contributed by atoms with van der Waals surface area (Å²) in [7, 11) is 0. The Bertz CT molecular complexity index is 609. The van der Waals surface area contributed by atoms with E-state index in [1.807, 2.05) is 0 Å². The molecule has 0 aliphatic rings. The maximum absolute atomic E-state index is 13.4. The zero-order chi connectivity index (χ0) is 14.7. The van der Waals surface area contributed by atoms with Crippen molar-refractivity contribution in [1.29, 1.82) is 0 Å². The van der Waals surface area contributed by atoms with Crippen LogP contribution >= 0.6 is 15.9 Å². The second-order valence-electron chi connectivity index (χ2n) is 3.86.